The molecule has 26 heavy (non-hydrogen) atoms. The minimum absolute atomic E-state index is 0.0379. The second kappa shape index (κ2) is 6.87. The largest absolute Gasteiger partial charge is 0.448 e. The summed E-state index contributed by atoms with van der Waals surface area (Å²) < 4.78 is 10.9. The van der Waals surface area contributed by atoms with Gasteiger partial charge in [-0.05, 0) is 19.2 Å². The van der Waals surface area contributed by atoms with E-state index in [1.54, 1.807) is 6.92 Å². The Morgan fingerprint density at radius 2 is 1.81 bits per heavy atom. The molecule has 0 aliphatic carbocycles. The summed E-state index contributed by atoms with van der Waals surface area (Å²) in [6, 6.07) is 10.8. The van der Waals surface area contributed by atoms with Gasteiger partial charge in [0, 0.05) is 23.4 Å². The number of amides is 3. The zero-order valence-corrected chi connectivity index (χ0v) is 14.6. The Balaban J connectivity index is 1.89. The number of fused-ring (bicyclic) bond motifs is 3. The number of hydrogen-bond acceptors (Lipinski definition) is 5. The van der Waals surface area contributed by atoms with Crippen LogP contribution < -0.4 is 10.6 Å². The number of rotatable bonds is 3. The fourth-order valence-electron chi connectivity index (χ4n) is 2.69. The van der Waals surface area contributed by atoms with Gasteiger partial charge in [-0.1, -0.05) is 36.4 Å². The van der Waals surface area contributed by atoms with Crippen LogP contribution in [0.25, 0.3) is 21.7 Å². The van der Waals surface area contributed by atoms with Crippen LogP contribution in [0.4, 0.5) is 4.79 Å². The molecule has 0 saturated heterocycles. The molecule has 1 aromatic heterocycles. The molecule has 0 fully saturated rings. The predicted molar refractivity (Wildman–Crippen MR) is 95.9 cm³/mol. The molecule has 0 saturated carbocycles. The van der Waals surface area contributed by atoms with E-state index in [2.05, 4.69) is 10.6 Å². The van der Waals surface area contributed by atoms with Gasteiger partial charge in [0.25, 0.3) is 5.91 Å². The van der Waals surface area contributed by atoms with Crippen molar-refractivity contribution in [1.29, 1.82) is 0 Å². The Hall–Kier alpha value is -3.35. The van der Waals surface area contributed by atoms with Gasteiger partial charge in [0.1, 0.15) is 5.58 Å². The van der Waals surface area contributed by atoms with Crippen LogP contribution in [0.2, 0.25) is 0 Å². The van der Waals surface area contributed by atoms with Gasteiger partial charge >= 0.3 is 12.0 Å². The predicted octanol–water partition coefficient (Wildman–Crippen LogP) is 2.90. The summed E-state index contributed by atoms with van der Waals surface area (Å²) in [6.07, 6.45) is -1.15. The molecule has 0 radical (unpaired) electrons. The third kappa shape index (κ3) is 3.11. The number of imide groups is 1. The van der Waals surface area contributed by atoms with Crippen LogP contribution in [0, 0.1) is 6.92 Å². The maximum Gasteiger partial charge on any atom is 0.375 e. The summed E-state index contributed by atoms with van der Waals surface area (Å²) in [7, 11) is 1.38. The van der Waals surface area contributed by atoms with Gasteiger partial charge in [-0.25, -0.2) is 9.59 Å². The topological polar surface area (TPSA) is 97.6 Å². The van der Waals surface area contributed by atoms with Crippen molar-refractivity contribution in [2.75, 3.05) is 7.05 Å². The molecule has 2 N–H and O–H groups in total. The van der Waals surface area contributed by atoms with Crippen molar-refractivity contribution in [3.63, 3.8) is 0 Å². The highest BCUT2D eigenvalue weighted by Crippen LogP contribution is 2.32. The number of esters is 1. The van der Waals surface area contributed by atoms with E-state index in [9.17, 15) is 14.4 Å². The normalized spacial score (nSPS) is 12.0. The van der Waals surface area contributed by atoms with Crippen molar-refractivity contribution < 1.29 is 23.5 Å². The highest BCUT2D eigenvalue weighted by Gasteiger charge is 2.25. The van der Waals surface area contributed by atoms with Crippen molar-refractivity contribution in [2.45, 2.75) is 20.0 Å². The van der Waals surface area contributed by atoms with Gasteiger partial charge in [0.15, 0.2) is 6.10 Å². The molecule has 0 aliphatic rings. The van der Waals surface area contributed by atoms with Crippen LogP contribution >= 0.6 is 0 Å². The number of nitrogens with one attached hydrogen (secondary N) is 2. The van der Waals surface area contributed by atoms with Crippen molar-refractivity contribution in [1.82, 2.24) is 10.6 Å². The monoisotopic (exact) mass is 354 g/mol. The molecule has 1 atom stereocenters. The summed E-state index contributed by atoms with van der Waals surface area (Å²) in [4.78, 5) is 35.5. The quantitative estimate of drug-likeness (QED) is 0.705. The number of furan rings is 1. The van der Waals surface area contributed by atoms with Gasteiger partial charge in [-0.3, -0.25) is 10.1 Å². The van der Waals surface area contributed by atoms with Crippen molar-refractivity contribution in [3.8, 4) is 0 Å². The first kappa shape index (κ1) is 17.5. The van der Waals surface area contributed by atoms with E-state index in [0.717, 1.165) is 16.2 Å². The number of hydrogen-bond donors (Lipinski definition) is 2. The zero-order valence-electron chi connectivity index (χ0n) is 14.6. The smallest absolute Gasteiger partial charge is 0.375 e. The van der Waals surface area contributed by atoms with Crippen LogP contribution in [-0.2, 0) is 9.53 Å². The standard InChI is InChI=1S/C19H18N2O5/c1-10-13-9-8-12-6-4-5-7-14(12)16(13)26-15(10)18(23)25-11(2)17(22)21-19(24)20-3/h4-9,11H,1-3H3,(H2,20,21,22,24)/t11-/m1/s1. The molecule has 1 heterocycles. The molecule has 7 heteroatoms. The lowest BCUT2D eigenvalue weighted by Crippen LogP contribution is -2.43. The summed E-state index contributed by atoms with van der Waals surface area (Å²) in [5.41, 5.74) is 1.23. The van der Waals surface area contributed by atoms with Crippen molar-refractivity contribution in [3.05, 3.63) is 47.7 Å². The summed E-state index contributed by atoms with van der Waals surface area (Å²) in [5.74, 6) is -1.45. The second-order valence-electron chi connectivity index (χ2n) is 5.84. The van der Waals surface area contributed by atoms with Gasteiger partial charge < -0.3 is 14.5 Å². The van der Waals surface area contributed by atoms with E-state index in [-0.39, 0.29) is 5.76 Å². The third-order valence-corrected chi connectivity index (χ3v) is 4.13. The van der Waals surface area contributed by atoms with Crippen molar-refractivity contribution >= 4 is 39.6 Å². The molecule has 0 aliphatic heterocycles. The number of carbonyl (C=O) groups is 3. The molecule has 7 nitrogen and oxygen atoms in total. The minimum Gasteiger partial charge on any atom is -0.448 e. The molecular weight excluding hydrogens is 336 g/mol. The average molecular weight is 354 g/mol. The number of ether oxygens (including phenoxy) is 1. The van der Waals surface area contributed by atoms with E-state index in [4.69, 9.17) is 9.15 Å². The van der Waals surface area contributed by atoms with E-state index in [0.29, 0.717) is 11.1 Å². The summed E-state index contributed by atoms with van der Waals surface area (Å²) >= 11 is 0. The first-order valence-corrected chi connectivity index (χ1v) is 8.06. The van der Waals surface area contributed by atoms with Gasteiger partial charge in [-0.15, -0.1) is 0 Å². The maximum absolute atomic E-state index is 12.4. The molecule has 3 amide bonds. The number of carbonyl (C=O) groups excluding carboxylic acids is 3. The molecule has 3 rings (SSSR count). The van der Waals surface area contributed by atoms with Crippen LogP contribution in [0.5, 0.6) is 0 Å². The maximum atomic E-state index is 12.4. The first-order chi connectivity index (χ1) is 12.4. The average Bonchev–Trinajstić information content (AvgIpc) is 2.98. The Morgan fingerprint density at radius 1 is 1.08 bits per heavy atom. The molecule has 2 aromatic carbocycles. The SMILES string of the molecule is CNC(=O)NC(=O)[C@@H](C)OC(=O)c1oc2c(ccc3ccccc32)c1C. The van der Waals surface area contributed by atoms with E-state index >= 15 is 0 Å². The molecule has 0 bridgehead atoms. The summed E-state index contributed by atoms with van der Waals surface area (Å²) in [5, 5.41) is 6.99. The fourth-order valence-corrected chi connectivity index (χ4v) is 2.69. The minimum atomic E-state index is -1.15. The van der Waals surface area contributed by atoms with Crippen LogP contribution in [0.3, 0.4) is 0 Å². The van der Waals surface area contributed by atoms with E-state index < -0.39 is 24.0 Å². The lowest BCUT2D eigenvalue weighted by molar-refractivity contribution is -0.128. The molecular formula is C19H18N2O5. The Bertz CT molecular complexity index is 1020. The lowest BCUT2D eigenvalue weighted by atomic mass is 10.1. The summed E-state index contributed by atoms with van der Waals surface area (Å²) in [6.45, 7) is 3.13. The first-order valence-electron chi connectivity index (χ1n) is 8.06. The highest BCUT2D eigenvalue weighted by molar-refractivity contribution is 6.08. The van der Waals surface area contributed by atoms with Crippen molar-refractivity contribution in [2.24, 2.45) is 0 Å². The van der Waals surface area contributed by atoms with E-state index in [1.807, 2.05) is 36.4 Å². The fraction of sp³-hybridized carbons (Fsp3) is 0.211. The van der Waals surface area contributed by atoms with Crippen LogP contribution in [0.15, 0.2) is 40.8 Å². The van der Waals surface area contributed by atoms with Gasteiger partial charge in [0.05, 0.1) is 0 Å². The molecule has 0 spiro atoms. The highest BCUT2D eigenvalue weighted by atomic mass is 16.6. The van der Waals surface area contributed by atoms with Gasteiger partial charge in [-0.2, -0.15) is 0 Å². The number of urea groups is 1. The molecule has 134 valence electrons. The number of benzene rings is 2. The second-order valence-corrected chi connectivity index (χ2v) is 5.84. The zero-order chi connectivity index (χ0) is 18.8. The Kier molecular flexibility index (Phi) is 4.62. The van der Waals surface area contributed by atoms with E-state index in [1.165, 1.54) is 14.0 Å². The third-order valence-electron chi connectivity index (χ3n) is 4.13. The lowest BCUT2D eigenvalue weighted by Gasteiger charge is -2.11. The molecule has 0 unspecified atom stereocenters. The Labute approximate surface area is 149 Å². The Morgan fingerprint density at radius 3 is 2.54 bits per heavy atom. The van der Waals surface area contributed by atoms with Crippen LogP contribution in [-0.4, -0.2) is 31.1 Å². The van der Waals surface area contributed by atoms with Gasteiger partial charge in [0.2, 0.25) is 5.76 Å². The number of aryl methyl sites for hydroxylation is 1. The van der Waals surface area contributed by atoms with Crippen LogP contribution in [0.1, 0.15) is 23.0 Å². The molecule has 3 aromatic rings.